The van der Waals surface area contributed by atoms with Crippen LogP contribution in [0.3, 0.4) is 0 Å². The van der Waals surface area contributed by atoms with Gasteiger partial charge < -0.3 is 9.47 Å². The van der Waals surface area contributed by atoms with Gasteiger partial charge >= 0.3 is 11.9 Å². The Morgan fingerprint density at radius 1 is 0.871 bits per heavy atom. The van der Waals surface area contributed by atoms with Gasteiger partial charge in [-0.3, -0.25) is 4.79 Å². The second-order valence-corrected chi connectivity index (χ2v) is 12.3. The van der Waals surface area contributed by atoms with Crippen molar-refractivity contribution >= 4 is 11.9 Å². The summed E-state index contributed by atoms with van der Waals surface area (Å²) >= 11 is 0. The standard InChI is InChI=1S/C27H48O4/c1-8-25(5,6)20-26(7,24(2,3)4)23(29)30-19-22(28)31-27(17-13-10-14-18-27)21-15-11-9-12-16-21/h21H,8-20H2,1-7H3. The third kappa shape index (κ3) is 6.48. The van der Waals surface area contributed by atoms with Gasteiger partial charge in [0, 0.05) is 0 Å². The van der Waals surface area contributed by atoms with Crippen molar-refractivity contribution < 1.29 is 19.1 Å². The van der Waals surface area contributed by atoms with Crippen molar-refractivity contribution in [3.63, 3.8) is 0 Å². The van der Waals surface area contributed by atoms with E-state index in [1.165, 1.54) is 25.7 Å². The number of esters is 2. The van der Waals surface area contributed by atoms with Crippen molar-refractivity contribution in [3.8, 4) is 0 Å². The van der Waals surface area contributed by atoms with Gasteiger partial charge in [0.2, 0.25) is 0 Å². The highest BCUT2D eigenvalue weighted by Gasteiger charge is 2.49. The molecule has 0 N–H and O–H groups in total. The van der Waals surface area contributed by atoms with Crippen molar-refractivity contribution in [1.29, 1.82) is 0 Å². The third-order valence-electron chi connectivity index (χ3n) is 8.58. The Bertz CT molecular complexity index is 603. The lowest BCUT2D eigenvalue weighted by Crippen LogP contribution is -2.47. The summed E-state index contributed by atoms with van der Waals surface area (Å²) in [6.07, 6.45) is 13.2. The number of hydrogen-bond acceptors (Lipinski definition) is 4. The molecule has 0 aromatic rings. The highest BCUT2D eigenvalue weighted by atomic mass is 16.6. The monoisotopic (exact) mass is 436 g/mol. The molecule has 0 spiro atoms. The van der Waals surface area contributed by atoms with Crippen LogP contribution in [0.2, 0.25) is 0 Å². The summed E-state index contributed by atoms with van der Waals surface area (Å²) in [6.45, 7) is 14.5. The first-order valence-corrected chi connectivity index (χ1v) is 12.7. The Hall–Kier alpha value is -1.06. The Balaban J connectivity index is 2.05. The average molecular weight is 437 g/mol. The smallest absolute Gasteiger partial charge is 0.344 e. The molecule has 0 aromatic heterocycles. The third-order valence-corrected chi connectivity index (χ3v) is 8.58. The van der Waals surface area contributed by atoms with Gasteiger partial charge in [-0.2, -0.15) is 0 Å². The SMILES string of the molecule is CCC(C)(C)CC(C)(C(=O)OCC(=O)OC1(C2CCCCC2)CCCCC1)C(C)(C)C. The average Bonchev–Trinajstić information content (AvgIpc) is 2.72. The first-order chi connectivity index (χ1) is 14.4. The van der Waals surface area contributed by atoms with E-state index >= 15 is 0 Å². The van der Waals surface area contributed by atoms with E-state index in [4.69, 9.17) is 9.47 Å². The predicted molar refractivity (Wildman–Crippen MR) is 126 cm³/mol. The zero-order valence-electron chi connectivity index (χ0n) is 21.4. The van der Waals surface area contributed by atoms with Crippen LogP contribution in [0.25, 0.3) is 0 Å². The van der Waals surface area contributed by atoms with Gasteiger partial charge in [0.1, 0.15) is 5.60 Å². The van der Waals surface area contributed by atoms with Crippen molar-refractivity contribution in [2.75, 3.05) is 6.61 Å². The first kappa shape index (κ1) is 26.2. The molecule has 2 aliphatic carbocycles. The molecule has 31 heavy (non-hydrogen) atoms. The van der Waals surface area contributed by atoms with E-state index in [9.17, 15) is 9.59 Å². The maximum atomic E-state index is 13.3. The van der Waals surface area contributed by atoms with E-state index in [1.54, 1.807) is 0 Å². The lowest BCUT2D eigenvalue weighted by Gasteiger charge is -2.45. The van der Waals surface area contributed by atoms with Crippen LogP contribution in [-0.2, 0) is 19.1 Å². The molecule has 0 bridgehead atoms. The van der Waals surface area contributed by atoms with Crippen LogP contribution < -0.4 is 0 Å². The van der Waals surface area contributed by atoms with Crippen LogP contribution in [0.15, 0.2) is 0 Å². The Kier molecular flexibility index (Phi) is 8.66. The molecule has 2 fully saturated rings. The summed E-state index contributed by atoms with van der Waals surface area (Å²) in [6, 6.07) is 0. The number of hydrogen-bond donors (Lipinski definition) is 0. The summed E-state index contributed by atoms with van der Waals surface area (Å²) < 4.78 is 11.8. The maximum Gasteiger partial charge on any atom is 0.344 e. The molecule has 0 radical (unpaired) electrons. The van der Waals surface area contributed by atoms with Gasteiger partial charge in [-0.05, 0) is 68.6 Å². The Morgan fingerprint density at radius 2 is 1.42 bits per heavy atom. The van der Waals surface area contributed by atoms with E-state index in [0.29, 0.717) is 5.92 Å². The van der Waals surface area contributed by atoms with Gasteiger partial charge in [0.05, 0.1) is 5.41 Å². The summed E-state index contributed by atoms with van der Waals surface area (Å²) in [4.78, 5) is 26.1. The normalized spacial score (nSPS) is 22.4. The van der Waals surface area contributed by atoms with Crippen LogP contribution in [-0.4, -0.2) is 24.1 Å². The number of rotatable bonds is 8. The van der Waals surface area contributed by atoms with Crippen LogP contribution in [0.5, 0.6) is 0 Å². The van der Waals surface area contributed by atoms with E-state index in [0.717, 1.165) is 51.4 Å². The Labute approximate surface area is 191 Å². The van der Waals surface area contributed by atoms with Gasteiger partial charge in [0.25, 0.3) is 0 Å². The molecule has 0 aromatic carbocycles. The van der Waals surface area contributed by atoms with Gasteiger partial charge in [-0.15, -0.1) is 0 Å². The van der Waals surface area contributed by atoms with Gasteiger partial charge in [0.15, 0.2) is 6.61 Å². The minimum absolute atomic E-state index is 0.0225. The molecule has 0 amide bonds. The molecule has 1 atom stereocenters. The molecule has 0 heterocycles. The highest BCUT2D eigenvalue weighted by Crippen LogP contribution is 2.49. The van der Waals surface area contributed by atoms with Gasteiger partial charge in [-0.25, -0.2) is 4.79 Å². The molecule has 2 saturated carbocycles. The minimum atomic E-state index is -0.668. The van der Waals surface area contributed by atoms with Crippen molar-refractivity contribution in [1.82, 2.24) is 0 Å². The quantitative estimate of drug-likeness (QED) is 0.376. The van der Waals surface area contributed by atoms with E-state index in [1.807, 2.05) is 6.92 Å². The predicted octanol–water partition coefficient (Wildman–Crippen LogP) is 7.23. The second-order valence-electron chi connectivity index (χ2n) is 12.3. The fourth-order valence-corrected chi connectivity index (χ4v) is 5.64. The zero-order chi connectivity index (χ0) is 23.3. The molecule has 180 valence electrons. The molecule has 4 heteroatoms. The molecular formula is C27H48O4. The van der Waals surface area contributed by atoms with E-state index < -0.39 is 5.41 Å². The molecule has 0 aliphatic heterocycles. The molecule has 1 unspecified atom stereocenters. The molecule has 2 rings (SSSR count). The highest BCUT2D eigenvalue weighted by molar-refractivity contribution is 5.81. The van der Waals surface area contributed by atoms with Crippen molar-refractivity contribution in [2.24, 2.45) is 22.2 Å². The Morgan fingerprint density at radius 3 is 1.94 bits per heavy atom. The largest absolute Gasteiger partial charge is 0.456 e. The number of ether oxygens (including phenoxy) is 2. The van der Waals surface area contributed by atoms with Crippen LogP contribution in [0, 0.1) is 22.2 Å². The summed E-state index contributed by atoms with van der Waals surface area (Å²) in [5.74, 6) is -0.188. The van der Waals surface area contributed by atoms with Gasteiger partial charge in [-0.1, -0.05) is 73.6 Å². The fraction of sp³-hybridized carbons (Fsp3) is 0.926. The van der Waals surface area contributed by atoms with Crippen LogP contribution in [0.4, 0.5) is 0 Å². The van der Waals surface area contributed by atoms with Crippen molar-refractivity contribution in [2.45, 2.75) is 131 Å². The first-order valence-electron chi connectivity index (χ1n) is 12.7. The molecule has 2 aliphatic rings. The lowest BCUT2D eigenvalue weighted by atomic mass is 9.60. The minimum Gasteiger partial charge on any atom is -0.456 e. The zero-order valence-corrected chi connectivity index (χ0v) is 21.4. The lowest BCUT2D eigenvalue weighted by molar-refractivity contribution is -0.186. The second kappa shape index (κ2) is 10.3. The molecular weight excluding hydrogens is 388 g/mol. The van der Waals surface area contributed by atoms with E-state index in [-0.39, 0.29) is 35.0 Å². The van der Waals surface area contributed by atoms with Crippen LogP contribution in [0.1, 0.15) is 126 Å². The summed E-state index contributed by atoms with van der Waals surface area (Å²) in [5.41, 5.74) is -1.25. The molecule has 0 saturated heterocycles. The maximum absolute atomic E-state index is 13.3. The fourth-order valence-electron chi connectivity index (χ4n) is 5.64. The van der Waals surface area contributed by atoms with E-state index in [2.05, 4.69) is 41.5 Å². The van der Waals surface area contributed by atoms with Crippen LogP contribution >= 0.6 is 0 Å². The van der Waals surface area contributed by atoms with Crippen molar-refractivity contribution in [3.05, 3.63) is 0 Å². The number of carbonyl (C=O) groups excluding carboxylic acids is 2. The summed E-state index contributed by atoms with van der Waals surface area (Å²) in [7, 11) is 0. The number of carbonyl (C=O) groups is 2. The topological polar surface area (TPSA) is 52.6 Å². The molecule has 4 nitrogen and oxygen atoms in total. The summed E-state index contributed by atoms with van der Waals surface area (Å²) in [5, 5.41) is 0.